The highest BCUT2D eigenvalue weighted by Gasteiger charge is 2.10. The maximum Gasteiger partial charge on any atom is 0.337 e. The van der Waals surface area contributed by atoms with Crippen molar-refractivity contribution in [3.05, 3.63) is 53.2 Å². The molecule has 0 aliphatic heterocycles. The van der Waals surface area contributed by atoms with Gasteiger partial charge in [0, 0.05) is 12.7 Å². The number of hydrogen-bond donors (Lipinski definition) is 2. The number of nitrogens with zero attached hydrogens (tertiary/aromatic N) is 1. The molecule has 0 aliphatic rings. The van der Waals surface area contributed by atoms with Gasteiger partial charge in [0.1, 0.15) is 5.75 Å². The average Bonchev–Trinajstić information content (AvgIpc) is 2.41. The summed E-state index contributed by atoms with van der Waals surface area (Å²) in [6.45, 7) is 1.65. The van der Waals surface area contributed by atoms with Crippen LogP contribution in [0.4, 0.5) is 0 Å². The Balaban J connectivity index is 2.26. The molecule has 20 heavy (non-hydrogen) atoms. The number of aromatic nitrogens is 1. The van der Waals surface area contributed by atoms with Crippen LogP contribution >= 0.6 is 0 Å². The topological polar surface area (TPSA) is 79.7 Å². The molecule has 1 aromatic heterocycles. The van der Waals surface area contributed by atoms with Crippen LogP contribution in [0.3, 0.4) is 0 Å². The van der Waals surface area contributed by atoms with E-state index < -0.39 is 5.97 Å². The van der Waals surface area contributed by atoms with E-state index in [1.54, 1.807) is 13.0 Å². The molecular formula is C15H15NO4. The van der Waals surface area contributed by atoms with Gasteiger partial charge in [0.15, 0.2) is 0 Å². The van der Waals surface area contributed by atoms with E-state index in [2.05, 4.69) is 4.98 Å². The number of aliphatic hydroxyl groups excluding tert-OH is 1. The van der Waals surface area contributed by atoms with E-state index in [4.69, 9.17) is 14.9 Å². The Morgan fingerprint density at radius 1 is 1.25 bits per heavy atom. The number of benzene rings is 1. The summed E-state index contributed by atoms with van der Waals surface area (Å²) in [5.74, 6) is -0.0726. The van der Waals surface area contributed by atoms with E-state index in [1.165, 1.54) is 12.1 Å². The third-order valence-electron chi connectivity index (χ3n) is 2.86. The van der Waals surface area contributed by atoms with Gasteiger partial charge in [-0.15, -0.1) is 0 Å². The SMILES string of the molecule is Cc1nc(Oc2ccccc2CCO)ccc1C(=O)O. The second-order valence-electron chi connectivity index (χ2n) is 4.27. The maximum absolute atomic E-state index is 10.9. The van der Waals surface area contributed by atoms with Crippen LogP contribution in [0, 0.1) is 6.92 Å². The molecule has 0 saturated heterocycles. The van der Waals surface area contributed by atoms with Crippen LogP contribution in [0.15, 0.2) is 36.4 Å². The monoisotopic (exact) mass is 273 g/mol. The van der Waals surface area contributed by atoms with Crippen LogP contribution in [0.25, 0.3) is 0 Å². The second-order valence-corrected chi connectivity index (χ2v) is 4.27. The largest absolute Gasteiger partial charge is 0.478 e. The van der Waals surface area contributed by atoms with Crippen molar-refractivity contribution in [3.63, 3.8) is 0 Å². The fraction of sp³-hybridized carbons (Fsp3) is 0.200. The van der Waals surface area contributed by atoms with Crippen molar-refractivity contribution in [1.82, 2.24) is 4.98 Å². The van der Waals surface area contributed by atoms with Gasteiger partial charge >= 0.3 is 5.97 Å². The zero-order chi connectivity index (χ0) is 14.5. The molecule has 5 nitrogen and oxygen atoms in total. The number of rotatable bonds is 5. The summed E-state index contributed by atoms with van der Waals surface area (Å²) in [6.07, 6.45) is 0.488. The standard InChI is InChI=1S/C15H15NO4/c1-10-12(15(18)19)6-7-14(16-10)20-13-5-3-2-4-11(13)8-9-17/h2-7,17H,8-9H2,1H3,(H,18,19). The number of carbonyl (C=O) groups is 1. The molecule has 2 rings (SSSR count). The Hall–Kier alpha value is -2.40. The first-order valence-corrected chi connectivity index (χ1v) is 6.19. The normalized spacial score (nSPS) is 10.3. The van der Waals surface area contributed by atoms with Gasteiger partial charge in [-0.05, 0) is 31.0 Å². The number of carboxylic acid groups (broad SMARTS) is 1. The van der Waals surface area contributed by atoms with Crippen molar-refractivity contribution < 1.29 is 19.7 Å². The molecule has 2 aromatic rings. The molecule has 2 N–H and O–H groups in total. The Morgan fingerprint density at radius 2 is 2.00 bits per heavy atom. The molecule has 0 aliphatic carbocycles. The van der Waals surface area contributed by atoms with Gasteiger partial charge in [0.2, 0.25) is 5.88 Å². The summed E-state index contributed by atoms with van der Waals surface area (Å²) >= 11 is 0. The molecule has 0 spiro atoms. The van der Waals surface area contributed by atoms with Crippen molar-refractivity contribution in [2.45, 2.75) is 13.3 Å². The first kappa shape index (κ1) is 14.0. The predicted molar refractivity (Wildman–Crippen MR) is 73.2 cm³/mol. The lowest BCUT2D eigenvalue weighted by Gasteiger charge is -2.10. The molecule has 0 fully saturated rings. The molecule has 0 radical (unpaired) electrons. The van der Waals surface area contributed by atoms with Crippen molar-refractivity contribution >= 4 is 5.97 Å². The quantitative estimate of drug-likeness (QED) is 0.874. The van der Waals surface area contributed by atoms with Crippen LogP contribution in [-0.4, -0.2) is 27.8 Å². The molecule has 104 valence electrons. The van der Waals surface area contributed by atoms with Gasteiger partial charge in [-0.2, -0.15) is 0 Å². The number of aryl methyl sites for hydroxylation is 1. The number of aromatic carboxylic acids is 1. The highest BCUT2D eigenvalue weighted by atomic mass is 16.5. The van der Waals surface area contributed by atoms with Crippen molar-refractivity contribution in [1.29, 1.82) is 0 Å². The summed E-state index contributed by atoms with van der Waals surface area (Å²) in [5, 5.41) is 18.0. The van der Waals surface area contributed by atoms with Crippen molar-refractivity contribution in [2.24, 2.45) is 0 Å². The van der Waals surface area contributed by atoms with E-state index in [0.29, 0.717) is 23.7 Å². The minimum absolute atomic E-state index is 0.0325. The lowest BCUT2D eigenvalue weighted by Crippen LogP contribution is -2.03. The van der Waals surface area contributed by atoms with E-state index in [9.17, 15) is 4.79 Å². The van der Waals surface area contributed by atoms with Gasteiger partial charge in [0.05, 0.1) is 11.3 Å². The molecule has 0 unspecified atom stereocenters. The van der Waals surface area contributed by atoms with Crippen LogP contribution in [0.1, 0.15) is 21.6 Å². The number of ether oxygens (including phenoxy) is 1. The first-order valence-electron chi connectivity index (χ1n) is 6.19. The molecule has 1 aromatic carbocycles. The Kier molecular flexibility index (Phi) is 4.32. The number of pyridine rings is 1. The Bertz CT molecular complexity index is 625. The van der Waals surface area contributed by atoms with Crippen LogP contribution in [0.5, 0.6) is 11.6 Å². The van der Waals surface area contributed by atoms with E-state index in [-0.39, 0.29) is 12.2 Å². The highest BCUT2D eigenvalue weighted by Crippen LogP contribution is 2.25. The fourth-order valence-corrected chi connectivity index (χ4v) is 1.86. The molecule has 5 heteroatoms. The highest BCUT2D eigenvalue weighted by molar-refractivity contribution is 5.88. The van der Waals surface area contributed by atoms with Crippen molar-refractivity contribution in [3.8, 4) is 11.6 Å². The molecule has 0 atom stereocenters. The van der Waals surface area contributed by atoms with Gasteiger partial charge < -0.3 is 14.9 Å². The second kappa shape index (κ2) is 6.16. The lowest BCUT2D eigenvalue weighted by molar-refractivity contribution is 0.0695. The van der Waals surface area contributed by atoms with E-state index in [0.717, 1.165) is 5.56 Å². The number of carboxylic acids is 1. The zero-order valence-corrected chi connectivity index (χ0v) is 11.0. The fourth-order valence-electron chi connectivity index (χ4n) is 1.86. The minimum atomic E-state index is -1.01. The average molecular weight is 273 g/mol. The third-order valence-corrected chi connectivity index (χ3v) is 2.86. The van der Waals surface area contributed by atoms with Gasteiger partial charge in [0.25, 0.3) is 0 Å². The molecular weight excluding hydrogens is 258 g/mol. The maximum atomic E-state index is 10.9. The smallest absolute Gasteiger partial charge is 0.337 e. The summed E-state index contributed by atoms with van der Waals surface area (Å²) in [5.41, 5.74) is 1.42. The summed E-state index contributed by atoms with van der Waals surface area (Å²) in [6, 6.07) is 10.3. The summed E-state index contributed by atoms with van der Waals surface area (Å²) in [7, 11) is 0. The van der Waals surface area contributed by atoms with Gasteiger partial charge in [-0.1, -0.05) is 18.2 Å². The molecule has 1 heterocycles. The predicted octanol–water partition coefficient (Wildman–Crippen LogP) is 2.42. The number of hydrogen-bond acceptors (Lipinski definition) is 4. The third kappa shape index (κ3) is 3.13. The zero-order valence-electron chi connectivity index (χ0n) is 11.0. The minimum Gasteiger partial charge on any atom is -0.478 e. The summed E-state index contributed by atoms with van der Waals surface area (Å²) < 4.78 is 5.66. The van der Waals surface area contributed by atoms with Gasteiger partial charge in [-0.25, -0.2) is 9.78 Å². The lowest BCUT2D eigenvalue weighted by atomic mass is 10.1. The van der Waals surface area contributed by atoms with Crippen LogP contribution in [0.2, 0.25) is 0 Å². The Morgan fingerprint density at radius 3 is 2.65 bits per heavy atom. The number of para-hydroxylation sites is 1. The molecule has 0 bridgehead atoms. The van der Waals surface area contributed by atoms with Crippen molar-refractivity contribution in [2.75, 3.05) is 6.61 Å². The van der Waals surface area contributed by atoms with E-state index >= 15 is 0 Å². The molecule has 0 saturated carbocycles. The van der Waals surface area contributed by atoms with E-state index in [1.807, 2.05) is 18.2 Å². The number of aliphatic hydroxyl groups is 1. The first-order chi connectivity index (χ1) is 9.61. The van der Waals surface area contributed by atoms with Crippen LogP contribution in [-0.2, 0) is 6.42 Å². The van der Waals surface area contributed by atoms with Gasteiger partial charge in [-0.3, -0.25) is 0 Å². The molecule has 0 amide bonds. The Labute approximate surface area is 116 Å². The van der Waals surface area contributed by atoms with Crippen LogP contribution < -0.4 is 4.74 Å². The summed E-state index contributed by atoms with van der Waals surface area (Å²) in [4.78, 5) is 15.0.